The van der Waals surface area contributed by atoms with Crippen LogP contribution in [0, 0.1) is 6.92 Å². The number of aromatic hydroxyl groups is 2. The average molecular weight is 330 g/mol. The standard InChI is InChI=1S/C17H18N2O5/c1-10-6-13(20)14(21)7-11(10)4-5-18-17(22)19-12-2-3-15-16(8-12)24-9-23-15/h2-3,6-8,20-21H,4-5,9H2,1H3,(H2,18,19,22). The van der Waals surface area contributed by atoms with E-state index in [-0.39, 0.29) is 24.3 Å². The number of carbonyl (C=O) groups excluding carboxylic acids is 1. The number of hydrogen-bond donors (Lipinski definition) is 4. The zero-order chi connectivity index (χ0) is 17.1. The first kappa shape index (κ1) is 15.8. The number of phenolic OH excluding ortho intramolecular Hbond substituents is 2. The number of aryl methyl sites for hydroxylation is 1. The molecule has 0 aromatic heterocycles. The fourth-order valence-electron chi connectivity index (χ4n) is 2.45. The first-order valence-electron chi connectivity index (χ1n) is 7.49. The van der Waals surface area contributed by atoms with E-state index in [1.165, 1.54) is 12.1 Å². The third-order valence-corrected chi connectivity index (χ3v) is 3.74. The van der Waals surface area contributed by atoms with Crippen molar-refractivity contribution in [1.82, 2.24) is 5.32 Å². The smallest absolute Gasteiger partial charge is 0.319 e. The summed E-state index contributed by atoms with van der Waals surface area (Å²) < 4.78 is 10.5. The number of benzene rings is 2. The number of rotatable bonds is 4. The lowest BCUT2D eigenvalue weighted by Gasteiger charge is -2.10. The molecule has 2 aromatic carbocycles. The Bertz CT molecular complexity index is 776. The van der Waals surface area contributed by atoms with E-state index in [1.54, 1.807) is 18.2 Å². The van der Waals surface area contributed by atoms with Crippen LogP contribution in [-0.2, 0) is 6.42 Å². The Labute approximate surface area is 138 Å². The van der Waals surface area contributed by atoms with Gasteiger partial charge in [0.2, 0.25) is 6.79 Å². The van der Waals surface area contributed by atoms with E-state index in [9.17, 15) is 15.0 Å². The average Bonchev–Trinajstić information content (AvgIpc) is 3.00. The Hall–Kier alpha value is -3.09. The van der Waals surface area contributed by atoms with Crippen LogP contribution in [0.15, 0.2) is 30.3 Å². The van der Waals surface area contributed by atoms with Crippen molar-refractivity contribution < 1.29 is 24.5 Å². The van der Waals surface area contributed by atoms with E-state index >= 15 is 0 Å². The summed E-state index contributed by atoms with van der Waals surface area (Å²) in [6.45, 7) is 2.41. The van der Waals surface area contributed by atoms with Gasteiger partial charge in [0.05, 0.1) is 0 Å². The van der Waals surface area contributed by atoms with Gasteiger partial charge < -0.3 is 30.3 Å². The molecule has 7 nitrogen and oxygen atoms in total. The third-order valence-electron chi connectivity index (χ3n) is 3.74. The Kier molecular flexibility index (Phi) is 4.33. The van der Waals surface area contributed by atoms with Gasteiger partial charge in [-0.2, -0.15) is 0 Å². The lowest BCUT2D eigenvalue weighted by atomic mass is 10.0. The number of urea groups is 1. The van der Waals surface area contributed by atoms with Crippen LogP contribution < -0.4 is 20.1 Å². The lowest BCUT2D eigenvalue weighted by molar-refractivity contribution is 0.174. The molecule has 0 saturated carbocycles. The molecular weight excluding hydrogens is 312 g/mol. The van der Waals surface area contributed by atoms with E-state index in [4.69, 9.17) is 9.47 Å². The Morgan fingerprint density at radius 2 is 1.88 bits per heavy atom. The summed E-state index contributed by atoms with van der Waals surface area (Å²) in [6.07, 6.45) is 0.536. The molecule has 0 aliphatic carbocycles. The molecule has 3 rings (SSSR count). The van der Waals surface area contributed by atoms with Crippen molar-refractivity contribution in [2.45, 2.75) is 13.3 Å². The van der Waals surface area contributed by atoms with Gasteiger partial charge in [0, 0.05) is 18.3 Å². The van der Waals surface area contributed by atoms with Crippen LogP contribution in [0.4, 0.5) is 10.5 Å². The number of carbonyl (C=O) groups is 1. The first-order valence-corrected chi connectivity index (χ1v) is 7.49. The minimum atomic E-state index is -0.338. The molecule has 0 bridgehead atoms. The highest BCUT2D eigenvalue weighted by atomic mass is 16.7. The normalized spacial score (nSPS) is 12.0. The predicted octanol–water partition coefficient (Wildman–Crippen LogP) is 2.50. The van der Waals surface area contributed by atoms with E-state index in [2.05, 4.69) is 10.6 Å². The Balaban J connectivity index is 1.52. The molecule has 0 spiro atoms. The summed E-state index contributed by atoms with van der Waals surface area (Å²) in [7, 11) is 0. The SMILES string of the molecule is Cc1cc(O)c(O)cc1CCNC(=O)Nc1ccc2c(c1)OCO2. The van der Waals surface area contributed by atoms with E-state index < -0.39 is 0 Å². The number of anilines is 1. The molecule has 2 aromatic rings. The largest absolute Gasteiger partial charge is 0.504 e. The van der Waals surface area contributed by atoms with Crippen LogP contribution in [0.2, 0.25) is 0 Å². The van der Waals surface area contributed by atoms with Crippen LogP contribution in [0.1, 0.15) is 11.1 Å². The second-order valence-corrected chi connectivity index (χ2v) is 5.47. The summed E-state index contributed by atoms with van der Waals surface area (Å²) in [5, 5.41) is 24.4. The lowest BCUT2D eigenvalue weighted by Crippen LogP contribution is -2.30. The molecule has 24 heavy (non-hydrogen) atoms. The number of hydrogen-bond acceptors (Lipinski definition) is 5. The maximum Gasteiger partial charge on any atom is 0.319 e. The second-order valence-electron chi connectivity index (χ2n) is 5.47. The number of fused-ring (bicyclic) bond motifs is 1. The summed E-state index contributed by atoms with van der Waals surface area (Å²) in [5.41, 5.74) is 2.31. The van der Waals surface area contributed by atoms with Crippen LogP contribution in [-0.4, -0.2) is 29.6 Å². The van der Waals surface area contributed by atoms with E-state index in [0.717, 1.165) is 11.1 Å². The highest BCUT2D eigenvalue weighted by Gasteiger charge is 2.14. The monoisotopic (exact) mass is 330 g/mol. The number of phenols is 2. The van der Waals surface area contributed by atoms with Gasteiger partial charge in [0.15, 0.2) is 23.0 Å². The number of amides is 2. The molecule has 0 atom stereocenters. The fourth-order valence-corrected chi connectivity index (χ4v) is 2.45. The number of ether oxygens (including phenoxy) is 2. The van der Waals surface area contributed by atoms with Gasteiger partial charge in [0.1, 0.15) is 0 Å². The maximum absolute atomic E-state index is 11.9. The van der Waals surface area contributed by atoms with Crippen LogP contribution >= 0.6 is 0 Å². The van der Waals surface area contributed by atoms with E-state index in [0.29, 0.717) is 30.2 Å². The van der Waals surface area contributed by atoms with Crippen LogP contribution in [0.25, 0.3) is 0 Å². The molecule has 2 amide bonds. The van der Waals surface area contributed by atoms with Crippen LogP contribution in [0.3, 0.4) is 0 Å². The third kappa shape index (κ3) is 3.45. The van der Waals surface area contributed by atoms with Gasteiger partial charge in [-0.05, 0) is 48.7 Å². The van der Waals surface area contributed by atoms with Crippen molar-refractivity contribution in [2.24, 2.45) is 0 Å². The van der Waals surface area contributed by atoms with Crippen molar-refractivity contribution in [3.05, 3.63) is 41.5 Å². The maximum atomic E-state index is 11.9. The molecule has 0 unspecified atom stereocenters. The van der Waals surface area contributed by atoms with Crippen molar-refractivity contribution >= 4 is 11.7 Å². The molecule has 4 N–H and O–H groups in total. The molecule has 7 heteroatoms. The zero-order valence-electron chi connectivity index (χ0n) is 13.1. The molecule has 1 aliphatic rings. The summed E-state index contributed by atoms with van der Waals surface area (Å²) >= 11 is 0. The minimum Gasteiger partial charge on any atom is -0.504 e. The minimum absolute atomic E-state index is 0.148. The molecule has 1 aliphatic heterocycles. The molecule has 0 radical (unpaired) electrons. The highest BCUT2D eigenvalue weighted by molar-refractivity contribution is 5.89. The van der Waals surface area contributed by atoms with Gasteiger partial charge in [-0.25, -0.2) is 4.79 Å². The van der Waals surface area contributed by atoms with Crippen molar-refractivity contribution in [1.29, 1.82) is 0 Å². The van der Waals surface area contributed by atoms with Gasteiger partial charge >= 0.3 is 6.03 Å². The quantitative estimate of drug-likeness (QED) is 0.646. The predicted molar refractivity (Wildman–Crippen MR) is 87.8 cm³/mol. The summed E-state index contributed by atoms with van der Waals surface area (Å²) in [4.78, 5) is 11.9. The van der Waals surface area contributed by atoms with Gasteiger partial charge in [-0.15, -0.1) is 0 Å². The Morgan fingerprint density at radius 3 is 2.71 bits per heavy atom. The topological polar surface area (TPSA) is 100 Å². The molecular formula is C17H18N2O5. The van der Waals surface area contributed by atoms with E-state index in [1.807, 2.05) is 6.92 Å². The van der Waals surface area contributed by atoms with Crippen molar-refractivity contribution in [3.8, 4) is 23.0 Å². The van der Waals surface area contributed by atoms with Gasteiger partial charge in [-0.1, -0.05) is 0 Å². The summed E-state index contributed by atoms with van der Waals surface area (Å²) in [6, 6.07) is 7.83. The van der Waals surface area contributed by atoms with Gasteiger partial charge in [-0.3, -0.25) is 0 Å². The van der Waals surface area contributed by atoms with Crippen molar-refractivity contribution in [3.63, 3.8) is 0 Å². The highest BCUT2D eigenvalue weighted by Crippen LogP contribution is 2.34. The molecule has 126 valence electrons. The van der Waals surface area contributed by atoms with Crippen LogP contribution in [0.5, 0.6) is 23.0 Å². The first-order chi connectivity index (χ1) is 11.5. The molecule has 0 saturated heterocycles. The fraction of sp³-hybridized carbons (Fsp3) is 0.235. The molecule has 0 fully saturated rings. The number of nitrogens with one attached hydrogen (secondary N) is 2. The van der Waals surface area contributed by atoms with Gasteiger partial charge in [0.25, 0.3) is 0 Å². The second kappa shape index (κ2) is 6.57. The van der Waals surface area contributed by atoms with Crippen molar-refractivity contribution in [2.75, 3.05) is 18.7 Å². The Morgan fingerprint density at radius 1 is 1.12 bits per heavy atom. The zero-order valence-corrected chi connectivity index (χ0v) is 13.1. The summed E-state index contributed by atoms with van der Waals surface area (Å²) in [5.74, 6) is 0.941. The molecule has 1 heterocycles.